The number of amides is 1. The minimum atomic E-state index is -0.587. The maximum Gasteiger partial charge on any atom is 0.337 e. The van der Waals surface area contributed by atoms with Gasteiger partial charge in [0.05, 0.1) is 36.5 Å². The molecule has 0 aliphatic rings. The highest BCUT2D eigenvalue weighted by Gasteiger charge is 2.16. The molecule has 0 fully saturated rings. The van der Waals surface area contributed by atoms with Crippen molar-refractivity contribution in [1.29, 1.82) is 0 Å². The Morgan fingerprint density at radius 1 is 1.03 bits per heavy atom. The largest absolute Gasteiger partial charge is 0.496 e. The SMILES string of the molecule is COC(=O)c1ccc(OCc2ccc(C(=O)Nc3cc(OC)cc([N+](=O)[O-])c3)o2)cc1. The van der Waals surface area contributed by atoms with Crippen LogP contribution in [-0.4, -0.2) is 31.0 Å². The molecule has 0 aliphatic carbocycles. The van der Waals surface area contributed by atoms with Gasteiger partial charge in [0.25, 0.3) is 11.6 Å². The first kappa shape index (κ1) is 21.4. The molecule has 0 radical (unpaired) electrons. The van der Waals surface area contributed by atoms with Gasteiger partial charge in [-0.2, -0.15) is 0 Å². The van der Waals surface area contributed by atoms with E-state index in [0.29, 0.717) is 17.1 Å². The van der Waals surface area contributed by atoms with Gasteiger partial charge in [-0.15, -0.1) is 0 Å². The third kappa shape index (κ3) is 5.38. The van der Waals surface area contributed by atoms with Crippen molar-refractivity contribution in [3.63, 3.8) is 0 Å². The fraction of sp³-hybridized carbons (Fsp3) is 0.143. The number of nitro benzene ring substituents is 1. The molecule has 0 aliphatic heterocycles. The van der Waals surface area contributed by atoms with Gasteiger partial charge in [0, 0.05) is 12.1 Å². The summed E-state index contributed by atoms with van der Waals surface area (Å²) in [5.74, 6) is 0.0877. The quantitative estimate of drug-likeness (QED) is 0.327. The lowest BCUT2D eigenvalue weighted by Gasteiger charge is -2.07. The molecule has 1 N–H and O–H groups in total. The minimum Gasteiger partial charge on any atom is -0.496 e. The second-order valence-electron chi connectivity index (χ2n) is 6.20. The average molecular weight is 426 g/mol. The number of hydrogen-bond donors (Lipinski definition) is 1. The first-order chi connectivity index (χ1) is 14.9. The predicted molar refractivity (Wildman–Crippen MR) is 108 cm³/mol. The first-order valence-electron chi connectivity index (χ1n) is 8.94. The Morgan fingerprint density at radius 3 is 2.42 bits per heavy atom. The summed E-state index contributed by atoms with van der Waals surface area (Å²) >= 11 is 0. The van der Waals surface area contributed by atoms with Crippen molar-refractivity contribution >= 4 is 23.3 Å². The summed E-state index contributed by atoms with van der Waals surface area (Å²) in [6.07, 6.45) is 0. The lowest BCUT2D eigenvalue weighted by molar-refractivity contribution is -0.384. The normalized spacial score (nSPS) is 10.3. The van der Waals surface area contributed by atoms with Crippen LogP contribution in [0.4, 0.5) is 11.4 Å². The molecular formula is C21H18N2O8. The van der Waals surface area contributed by atoms with Crippen molar-refractivity contribution in [3.8, 4) is 11.5 Å². The number of nitrogens with zero attached hydrogens (tertiary/aromatic N) is 1. The Morgan fingerprint density at radius 2 is 1.77 bits per heavy atom. The number of nitrogens with one attached hydrogen (secondary N) is 1. The highest BCUT2D eigenvalue weighted by Crippen LogP contribution is 2.26. The number of anilines is 1. The molecule has 0 saturated carbocycles. The summed E-state index contributed by atoms with van der Waals surface area (Å²) in [4.78, 5) is 34.3. The molecule has 1 heterocycles. The Balaban J connectivity index is 1.63. The van der Waals surface area contributed by atoms with Gasteiger partial charge in [-0.1, -0.05) is 0 Å². The van der Waals surface area contributed by atoms with Gasteiger partial charge in [0.2, 0.25) is 0 Å². The molecule has 1 amide bonds. The lowest BCUT2D eigenvalue weighted by atomic mass is 10.2. The molecular weight excluding hydrogens is 408 g/mol. The number of methoxy groups -OCH3 is 2. The van der Waals surface area contributed by atoms with E-state index in [1.54, 1.807) is 30.3 Å². The molecule has 0 bridgehead atoms. The molecule has 0 saturated heterocycles. The number of hydrogen-bond acceptors (Lipinski definition) is 8. The van der Waals surface area contributed by atoms with E-state index >= 15 is 0 Å². The van der Waals surface area contributed by atoms with E-state index in [2.05, 4.69) is 10.1 Å². The van der Waals surface area contributed by atoms with E-state index in [1.165, 1.54) is 38.5 Å². The average Bonchev–Trinajstić information content (AvgIpc) is 3.26. The summed E-state index contributed by atoms with van der Waals surface area (Å²) in [5.41, 5.74) is 0.363. The van der Waals surface area contributed by atoms with Crippen molar-refractivity contribution in [2.24, 2.45) is 0 Å². The molecule has 2 aromatic carbocycles. The fourth-order valence-electron chi connectivity index (χ4n) is 2.61. The topological polar surface area (TPSA) is 130 Å². The van der Waals surface area contributed by atoms with Gasteiger partial charge in [-0.25, -0.2) is 4.79 Å². The highest BCUT2D eigenvalue weighted by atomic mass is 16.6. The summed E-state index contributed by atoms with van der Waals surface area (Å²) in [6, 6.07) is 13.3. The smallest absolute Gasteiger partial charge is 0.337 e. The van der Waals surface area contributed by atoms with E-state index in [9.17, 15) is 19.7 Å². The van der Waals surface area contributed by atoms with Crippen molar-refractivity contribution in [3.05, 3.63) is 81.8 Å². The minimum absolute atomic E-state index is 0.00473. The molecule has 10 heteroatoms. The van der Waals surface area contributed by atoms with Crippen molar-refractivity contribution in [2.45, 2.75) is 6.61 Å². The van der Waals surface area contributed by atoms with Crippen molar-refractivity contribution < 1.29 is 33.1 Å². The van der Waals surface area contributed by atoms with Crippen LogP contribution < -0.4 is 14.8 Å². The van der Waals surface area contributed by atoms with Crippen molar-refractivity contribution in [2.75, 3.05) is 19.5 Å². The predicted octanol–water partition coefficient (Wildman–Crippen LogP) is 3.81. The lowest BCUT2D eigenvalue weighted by Crippen LogP contribution is -2.11. The maximum atomic E-state index is 12.4. The van der Waals surface area contributed by atoms with Crippen LogP contribution in [-0.2, 0) is 11.3 Å². The van der Waals surface area contributed by atoms with Gasteiger partial charge < -0.3 is 23.9 Å². The first-order valence-corrected chi connectivity index (χ1v) is 8.94. The Hall–Kier alpha value is -4.34. The highest BCUT2D eigenvalue weighted by molar-refractivity contribution is 6.02. The molecule has 0 atom stereocenters. The van der Waals surface area contributed by atoms with E-state index in [-0.39, 0.29) is 29.5 Å². The number of esters is 1. The maximum absolute atomic E-state index is 12.4. The Kier molecular flexibility index (Phi) is 6.51. The van der Waals surface area contributed by atoms with Crippen molar-refractivity contribution in [1.82, 2.24) is 0 Å². The molecule has 0 unspecified atom stereocenters. The zero-order valence-electron chi connectivity index (χ0n) is 16.6. The van der Waals surface area contributed by atoms with Crippen LogP contribution in [0, 0.1) is 10.1 Å². The van der Waals surface area contributed by atoms with Gasteiger partial charge in [0.15, 0.2) is 5.76 Å². The number of carbonyl (C=O) groups excluding carboxylic acids is 2. The zero-order chi connectivity index (χ0) is 22.4. The van der Waals surface area contributed by atoms with Crippen LogP contribution >= 0.6 is 0 Å². The number of benzene rings is 2. The van der Waals surface area contributed by atoms with Crippen LogP contribution in [0.1, 0.15) is 26.7 Å². The second kappa shape index (κ2) is 9.44. The van der Waals surface area contributed by atoms with Crippen LogP contribution in [0.2, 0.25) is 0 Å². The van der Waals surface area contributed by atoms with Crippen LogP contribution in [0.15, 0.2) is 59.0 Å². The standard InChI is InChI=1S/C21H18N2O8/c1-28-18-10-14(9-15(11-18)23(26)27)22-20(24)19-8-7-17(31-19)12-30-16-5-3-13(4-6-16)21(25)29-2/h3-11H,12H2,1-2H3,(H,22,24). The van der Waals surface area contributed by atoms with Crippen LogP contribution in [0.3, 0.4) is 0 Å². The van der Waals surface area contributed by atoms with E-state index in [0.717, 1.165) is 0 Å². The number of carbonyl (C=O) groups is 2. The summed E-state index contributed by atoms with van der Waals surface area (Å²) in [7, 11) is 2.67. The Bertz CT molecular complexity index is 1100. The number of ether oxygens (including phenoxy) is 3. The summed E-state index contributed by atoms with van der Waals surface area (Å²) < 4.78 is 20.7. The van der Waals surface area contributed by atoms with Crippen LogP contribution in [0.25, 0.3) is 0 Å². The van der Waals surface area contributed by atoms with E-state index < -0.39 is 16.8 Å². The summed E-state index contributed by atoms with van der Waals surface area (Å²) in [6.45, 7) is 0.0511. The zero-order valence-corrected chi connectivity index (χ0v) is 16.6. The Labute approximate surface area is 176 Å². The van der Waals surface area contributed by atoms with E-state index in [4.69, 9.17) is 13.9 Å². The number of rotatable bonds is 8. The van der Waals surface area contributed by atoms with Gasteiger partial charge in [-0.3, -0.25) is 14.9 Å². The molecule has 3 aromatic rings. The summed E-state index contributed by atoms with van der Waals surface area (Å²) in [5, 5.41) is 13.6. The molecule has 3 rings (SSSR count). The number of non-ortho nitro benzene ring substituents is 1. The van der Waals surface area contributed by atoms with Gasteiger partial charge >= 0.3 is 5.97 Å². The number of furan rings is 1. The van der Waals surface area contributed by atoms with Crippen LogP contribution in [0.5, 0.6) is 11.5 Å². The number of nitro groups is 1. The molecule has 0 spiro atoms. The second-order valence-corrected chi connectivity index (χ2v) is 6.20. The third-order valence-corrected chi connectivity index (χ3v) is 4.14. The van der Waals surface area contributed by atoms with Gasteiger partial charge in [-0.05, 0) is 36.4 Å². The third-order valence-electron chi connectivity index (χ3n) is 4.14. The van der Waals surface area contributed by atoms with E-state index in [1.807, 2.05) is 0 Å². The monoisotopic (exact) mass is 426 g/mol. The van der Waals surface area contributed by atoms with Gasteiger partial charge in [0.1, 0.15) is 23.9 Å². The molecule has 31 heavy (non-hydrogen) atoms. The molecule has 1 aromatic heterocycles. The molecule has 160 valence electrons. The molecule has 10 nitrogen and oxygen atoms in total. The fourth-order valence-corrected chi connectivity index (χ4v) is 2.61.